The van der Waals surface area contributed by atoms with Crippen LogP contribution in [0.3, 0.4) is 0 Å². The lowest BCUT2D eigenvalue weighted by atomic mass is 9.93. The number of ether oxygens (including phenoxy) is 1. The Morgan fingerprint density at radius 3 is 2.32 bits per heavy atom. The molecule has 0 N–H and O–H groups in total. The number of nitrogens with zero attached hydrogens (tertiary/aromatic N) is 1. The SMILES string of the molecule is CC(C)(C)CCOc1ccc(C(F)(F)F)cc1C#N. The molecule has 1 aromatic rings. The molecule has 0 heterocycles. The fourth-order valence-electron chi connectivity index (χ4n) is 1.39. The van der Waals surface area contributed by atoms with Gasteiger partial charge in [0.2, 0.25) is 0 Å². The van der Waals surface area contributed by atoms with Crippen molar-refractivity contribution >= 4 is 0 Å². The summed E-state index contributed by atoms with van der Waals surface area (Å²) in [5, 5.41) is 8.87. The van der Waals surface area contributed by atoms with Crippen LogP contribution in [0.4, 0.5) is 13.2 Å². The third-order valence-corrected chi connectivity index (χ3v) is 2.54. The van der Waals surface area contributed by atoms with E-state index in [4.69, 9.17) is 10.00 Å². The summed E-state index contributed by atoms with van der Waals surface area (Å²) >= 11 is 0. The van der Waals surface area contributed by atoms with Gasteiger partial charge in [0, 0.05) is 0 Å². The molecule has 0 aromatic heterocycles. The van der Waals surface area contributed by atoms with Crippen molar-refractivity contribution in [3.8, 4) is 11.8 Å². The van der Waals surface area contributed by atoms with Gasteiger partial charge in [-0.15, -0.1) is 0 Å². The Morgan fingerprint density at radius 1 is 1.21 bits per heavy atom. The summed E-state index contributed by atoms with van der Waals surface area (Å²) in [6, 6.07) is 4.66. The molecule has 0 spiro atoms. The Balaban J connectivity index is 2.84. The highest BCUT2D eigenvalue weighted by Crippen LogP contribution is 2.32. The predicted octanol–water partition coefficient (Wildman–Crippen LogP) is 4.39. The van der Waals surface area contributed by atoms with Crippen LogP contribution in [0.2, 0.25) is 0 Å². The molecule has 104 valence electrons. The number of nitriles is 1. The molecule has 2 nitrogen and oxygen atoms in total. The molecule has 0 saturated heterocycles. The van der Waals surface area contributed by atoms with Gasteiger partial charge in [-0.25, -0.2) is 0 Å². The molecule has 0 aliphatic heterocycles. The van der Waals surface area contributed by atoms with Gasteiger partial charge in [-0.1, -0.05) is 20.8 Å². The van der Waals surface area contributed by atoms with E-state index in [-0.39, 0.29) is 16.7 Å². The largest absolute Gasteiger partial charge is 0.492 e. The van der Waals surface area contributed by atoms with Gasteiger partial charge in [-0.05, 0) is 30.0 Å². The number of hydrogen-bond acceptors (Lipinski definition) is 2. The van der Waals surface area contributed by atoms with Gasteiger partial charge in [-0.2, -0.15) is 18.4 Å². The van der Waals surface area contributed by atoms with Crippen molar-refractivity contribution in [2.45, 2.75) is 33.4 Å². The van der Waals surface area contributed by atoms with E-state index < -0.39 is 11.7 Å². The number of benzene rings is 1. The van der Waals surface area contributed by atoms with E-state index >= 15 is 0 Å². The first-order valence-corrected chi connectivity index (χ1v) is 5.87. The maximum Gasteiger partial charge on any atom is 0.416 e. The molecule has 0 saturated carbocycles. The third-order valence-electron chi connectivity index (χ3n) is 2.54. The zero-order valence-electron chi connectivity index (χ0n) is 11.1. The molecule has 0 aliphatic carbocycles. The molecule has 1 aromatic carbocycles. The number of rotatable bonds is 3. The summed E-state index contributed by atoms with van der Waals surface area (Å²) in [4.78, 5) is 0. The average Bonchev–Trinajstić information content (AvgIpc) is 2.26. The van der Waals surface area contributed by atoms with Gasteiger partial charge in [-0.3, -0.25) is 0 Å². The first-order valence-electron chi connectivity index (χ1n) is 5.87. The van der Waals surface area contributed by atoms with E-state index in [1.807, 2.05) is 20.8 Å². The molecule has 0 aliphatic rings. The van der Waals surface area contributed by atoms with Crippen LogP contribution in [0.1, 0.15) is 38.3 Å². The summed E-state index contributed by atoms with van der Waals surface area (Å²) in [7, 11) is 0. The second kappa shape index (κ2) is 5.52. The first-order chi connectivity index (χ1) is 8.63. The fraction of sp³-hybridized carbons (Fsp3) is 0.500. The van der Waals surface area contributed by atoms with E-state index in [9.17, 15) is 13.2 Å². The molecule has 19 heavy (non-hydrogen) atoms. The van der Waals surface area contributed by atoms with Crippen molar-refractivity contribution in [1.29, 1.82) is 5.26 Å². The van der Waals surface area contributed by atoms with Gasteiger partial charge in [0.15, 0.2) is 0 Å². The molecule has 0 radical (unpaired) electrons. The van der Waals surface area contributed by atoms with E-state index in [1.54, 1.807) is 6.07 Å². The molecule has 0 fully saturated rings. The molecular formula is C14H16F3NO. The van der Waals surface area contributed by atoms with Crippen molar-refractivity contribution in [3.05, 3.63) is 29.3 Å². The summed E-state index contributed by atoms with van der Waals surface area (Å²) < 4.78 is 42.9. The minimum absolute atomic E-state index is 0.0682. The zero-order chi connectivity index (χ0) is 14.7. The van der Waals surface area contributed by atoms with Crippen LogP contribution in [0, 0.1) is 16.7 Å². The number of hydrogen-bond donors (Lipinski definition) is 0. The van der Waals surface area contributed by atoms with Crippen LogP contribution >= 0.6 is 0 Å². The normalized spacial score (nSPS) is 12.1. The lowest BCUT2D eigenvalue weighted by Crippen LogP contribution is -2.12. The second-order valence-electron chi connectivity index (χ2n) is 5.48. The van der Waals surface area contributed by atoms with E-state index in [0.29, 0.717) is 6.61 Å². The Hall–Kier alpha value is -1.70. The lowest BCUT2D eigenvalue weighted by molar-refractivity contribution is -0.137. The monoisotopic (exact) mass is 271 g/mol. The molecule has 1 rings (SSSR count). The van der Waals surface area contributed by atoms with Crippen LogP contribution in [0.15, 0.2) is 18.2 Å². The van der Waals surface area contributed by atoms with Gasteiger partial charge >= 0.3 is 6.18 Å². The van der Waals surface area contributed by atoms with Crippen LogP contribution in [0.5, 0.6) is 5.75 Å². The zero-order valence-corrected chi connectivity index (χ0v) is 11.1. The molecular weight excluding hydrogens is 255 g/mol. The Morgan fingerprint density at radius 2 is 1.84 bits per heavy atom. The highest BCUT2D eigenvalue weighted by Gasteiger charge is 2.31. The topological polar surface area (TPSA) is 33.0 Å². The quantitative estimate of drug-likeness (QED) is 0.816. The van der Waals surface area contributed by atoms with E-state index in [1.165, 1.54) is 6.07 Å². The van der Waals surface area contributed by atoms with Crippen LogP contribution in [-0.2, 0) is 6.18 Å². The number of alkyl halides is 3. The predicted molar refractivity (Wildman–Crippen MR) is 65.7 cm³/mol. The van der Waals surface area contributed by atoms with Crippen LogP contribution in [0.25, 0.3) is 0 Å². The summed E-state index contributed by atoms with van der Waals surface area (Å²) in [5.74, 6) is 0.194. The lowest BCUT2D eigenvalue weighted by Gasteiger charge is -2.18. The average molecular weight is 271 g/mol. The minimum Gasteiger partial charge on any atom is -0.492 e. The van der Waals surface area contributed by atoms with Crippen molar-refractivity contribution in [3.63, 3.8) is 0 Å². The Labute approximate surface area is 110 Å². The van der Waals surface area contributed by atoms with Crippen LogP contribution < -0.4 is 4.74 Å². The van der Waals surface area contributed by atoms with Crippen molar-refractivity contribution in [2.75, 3.05) is 6.61 Å². The first kappa shape index (κ1) is 15.4. The summed E-state index contributed by atoms with van der Waals surface area (Å²) in [5.41, 5.74) is -0.866. The third kappa shape index (κ3) is 4.82. The smallest absolute Gasteiger partial charge is 0.416 e. The van der Waals surface area contributed by atoms with Gasteiger partial charge < -0.3 is 4.74 Å². The standard InChI is InChI=1S/C14H16F3NO/c1-13(2,3)6-7-19-12-5-4-11(14(15,16)17)8-10(12)9-18/h4-5,8H,6-7H2,1-3H3. The van der Waals surface area contributed by atoms with E-state index in [2.05, 4.69) is 0 Å². The molecule has 0 bridgehead atoms. The Bertz CT molecular complexity index is 481. The number of halogens is 3. The Kier molecular flexibility index (Phi) is 4.46. The molecule has 0 amide bonds. The summed E-state index contributed by atoms with van der Waals surface area (Å²) in [6.07, 6.45) is -3.70. The second-order valence-corrected chi connectivity index (χ2v) is 5.48. The van der Waals surface area contributed by atoms with Crippen LogP contribution in [-0.4, -0.2) is 6.61 Å². The maximum atomic E-state index is 12.5. The van der Waals surface area contributed by atoms with E-state index in [0.717, 1.165) is 18.6 Å². The van der Waals surface area contributed by atoms with Gasteiger partial charge in [0.05, 0.1) is 17.7 Å². The van der Waals surface area contributed by atoms with Crippen molar-refractivity contribution < 1.29 is 17.9 Å². The van der Waals surface area contributed by atoms with Gasteiger partial charge in [0.1, 0.15) is 11.8 Å². The maximum absolute atomic E-state index is 12.5. The minimum atomic E-state index is -4.45. The molecule has 0 unspecified atom stereocenters. The molecule has 0 atom stereocenters. The highest BCUT2D eigenvalue weighted by molar-refractivity contribution is 5.46. The summed E-state index contributed by atoms with van der Waals surface area (Å²) in [6.45, 7) is 6.47. The fourth-order valence-corrected chi connectivity index (χ4v) is 1.39. The van der Waals surface area contributed by atoms with Crippen molar-refractivity contribution in [2.24, 2.45) is 5.41 Å². The highest BCUT2D eigenvalue weighted by atomic mass is 19.4. The molecule has 5 heteroatoms. The van der Waals surface area contributed by atoms with Gasteiger partial charge in [0.25, 0.3) is 0 Å². The van der Waals surface area contributed by atoms with Crippen molar-refractivity contribution in [1.82, 2.24) is 0 Å².